The molecule has 48 heavy (non-hydrogen) atoms. The van der Waals surface area contributed by atoms with Crippen molar-refractivity contribution >= 4 is 0 Å². The summed E-state index contributed by atoms with van der Waals surface area (Å²) in [5, 5.41) is 0. The zero-order valence-corrected chi connectivity index (χ0v) is 26.0. The van der Waals surface area contributed by atoms with Crippen LogP contribution in [0.3, 0.4) is 0 Å². The Labute approximate surface area is 279 Å². The van der Waals surface area contributed by atoms with E-state index in [1.807, 2.05) is 60.8 Å². The van der Waals surface area contributed by atoms with E-state index < -0.39 is 0 Å². The maximum Gasteiger partial charge on any atom is 0.164 e. The number of pyridine rings is 2. The molecule has 0 aliphatic carbocycles. The Bertz CT molecular complexity index is 2310. The number of hydrogen-bond acceptors (Lipinski definition) is 5. The number of hydrogen-bond donors (Lipinski definition) is 0. The van der Waals surface area contributed by atoms with E-state index in [-0.39, 0.29) is 0 Å². The van der Waals surface area contributed by atoms with Gasteiger partial charge in [-0.05, 0) is 81.4 Å². The van der Waals surface area contributed by atoms with Crippen LogP contribution in [0.4, 0.5) is 0 Å². The van der Waals surface area contributed by atoms with Crippen LogP contribution in [0.15, 0.2) is 176 Å². The highest BCUT2D eigenvalue weighted by molar-refractivity contribution is 5.82. The predicted molar refractivity (Wildman–Crippen MR) is 193 cm³/mol. The first-order chi connectivity index (χ1) is 23.8. The Hall–Kier alpha value is -6.59. The molecule has 0 saturated heterocycles. The van der Waals surface area contributed by atoms with Crippen molar-refractivity contribution in [3.8, 4) is 78.7 Å². The summed E-state index contributed by atoms with van der Waals surface area (Å²) < 4.78 is 0. The van der Waals surface area contributed by atoms with Crippen LogP contribution in [0.1, 0.15) is 0 Å². The molecule has 8 rings (SSSR count). The van der Waals surface area contributed by atoms with Crippen LogP contribution in [-0.2, 0) is 0 Å². The molecular weight excluding hydrogens is 587 g/mol. The SMILES string of the molecule is c1ccc(-c2cccc(-c3cc(-c4cccnc4)cc(-c4nc(-c5ccccc5)nc(-c5ccc(-c6ccncc6)cc5)n4)c3)c2)cc1. The summed E-state index contributed by atoms with van der Waals surface area (Å²) in [6, 6.07) is 52.0. The number of benzene rings is 5. The molecule has 0 fully saturated rings. The van der Waals surface area contributed by atoms with Gasteiger partial charge < -0.3 is 0 Å². The number of aromatic nitrogens is 5. The Balaban J connectivity index is 1.29. The molecule has 5 nitrogen and oxygen atoms in total. The van der Waals surface area contributed by atoms with Crippen LogP contribution < -0.4 is 0 Å². The van der Waals surface area contributed by atoms with Crippen molar-refractivity contribution in [1.29, 1.82) is 0 Å². The fourth-order valence-electron chi connectivity index (χ4n) is 5.84. The van der Waals surface area contributed by atoms with E-state index in [2.05, 4.69) is 107 Å². The van der Waals surface area contributed by atoms with Crippen molar-refractivity contribution in [3.05, 3.63) is 176 Å². The summed E-state index contributed by atoms with van der Waals surface area (Å²) in [7, 11) is 0. The summed E-state index contributed by atoms with van der Waals surface area (Å²) >= 11 is 0. The van der Waals surface area contributed by atoms with Gasteiger partial charge in [0.05, 0.1) is 0 Å². The fourth-order valence-corrected chi connectivity index (χ4v) is 5.84. The van der Waals surface area contributed by atoms with Gasteiger partial charge in [-0.15, -0.1) is 0 Å². The van der Waals surface area contributed by atoms with Crippen molar-refractivity contribution in [2.24, 2.45) is 0 Å². The van der Waals surface area contributed by atoms with Gasteiger partial charge in [0.1, 0.15) is 0 Å². The van der Waals surface area contributed by atoms with Crippen LogP contribution in [0, 0.1) is 0 Å². The van der Waals surface area contributed by atoms with Gasteiger partial charge in [0.2, 0.25) is 0 Å². The molecule has 0 spiro atoms. The zero-order valence-electron chi connectivity index (χ0n) is 26.0. The van der Waals surface area contributed by atoms with Crippen molar-refractivity contribution in [2.75, 3.05) is 0 Å². The maximum absolute atomic E-state index is 5.09. The molecule has 0 radical (unpaired) electrons. The lowest BCUT2D eigenvalue weighted by atomic mass is 9.94. The van der Waals surface area contributed by atoms with Gasteiger partial charge in [-0.2, -0.15) is 0 Å². The van der Waals surface area contributed by atoms with Crippen molar-refractivity contribution < 1.29 is 0 Å². The van der Waals surface area contributed by atoms with Gasteiger partial charge in [-0.1, -0.05) is 109 Å². The van der Waals surface area contributed by atoms with E-state index in [4.69, 9.17) is 15.0 Å². The molecule has 0 saturated carbocycles. The van der Waals surface area contributed by atoms with Crippen molar-refractivity contribution in [2.45, 2.75) is 0 Å². The van der Waals surface area contributed by atoms with Gasteiger partial charge >= 0.3 is 0 Å². The smallest absolute Gasteiger partial charge is 0.164 e. The minimum absolute atomic E-state index is 0.600. The summed E-state index contributed by atoms with van der Waals surface area (Å²) in [5.41, 5.74) is 11.5. The molecule has 0 aliphatic heterocycles. The third-order valence-corrected chi connectivity index (χ3v) is 8.31. The van der Waals surface area contributed by atoms with Crippen molar-refractivity contribution in [1.82, 2.24) is 24.9 Å². The molecule has 0 unspecified atom stereocenters. The Kier molecular flexibility index (Phi) is 7.83. The van der Waals surface area contributed by atoms with E-state index >= 15 is 0 Å². The monoisotopic (exact) mass is 615 g/mol. The molecule has 0 bridgehead atoms. The largest absolute Gasteiger partial charge is 0.265 e. The lowest BCUT2D eigenvalue weighted by Gasteiger charge is -2.13. The summed E-state index contributed by atoms with van der Waals surface area (Å²) in [6.45, 7) is 0. The number of nitrogens with zero attached hydrogens (tertiary/aromatic N) is 5. The minimum Gasteiger partial charge on any atom is -0.265 e. The van der Waals surface area contributed by atoms with Crippen LogP contribution in [0.2, 0.25) is 0 Å². The molecule has 5 heteroatoms. The fraction of sp³-hybridized carbons (Fsp3) is 0. The molecule has 3 heterocycles. The van der Waals surface area contributed by atoms with E-state index in [0.29, 0.717) is 17.5 Å². The van der Waals surface area contributed by atoms with Crippen LogP contribution in [-0.4, -0.2) is 24.9 Å². The molecule has 0 aliphatic rings. The highest BCUT2D eigenvalue weighted by Gasteiger charge is 2.15. The standard InChI is InChI=1S/C43H29N5/c1-3-9-30(10-4-1)35-13-7-14-36(25-35)38-26-39(37-15-8-22-45-29-37)28-40(27-38)43-47-41(33-11-5-2-6-12-33)46-42(48-43)34-18-16-31(17-19-34)32-20-23-44-24-21-32/h1-29H. The third kappa shape index (κ3) is 6.13. The van der Waals surface area contributed by atoms with Gasteiger partial charge in [0.25, 0.3) is 0 Å². The Morgan fingerprint density at radius 3 is 1.33 bits per heavy atom. The quantitative estimate of drug-likeness (QED) is 0.178. The van der Waals surface area contributed by atoms with Gasteiger partial charge in [-0.3, -0.25) is 9.97 Å². The zero-order chi connectivity index (χ0) is 32.1. The summed E-state index contributed by atoms with van der Waals surface area (Å²) in [6.07, 6.45) is 7.29. The Morgan fingerprint density at radius 2 is 0.688 bits per heavy atom. The van der Waals surface area contributed by atoms with Crippen LogP contribution >= 0.6 is 0 Å². The maximum atomic E-state index is 5.09. The average Bonchev–Trinajstić information content (AvgIpc) is 3.19. The third-order valence-electron chi connectivity index (χ3n) is 8.31. The molecule has 3 aromatic heterocycles. The second-order valence-corrected chi connectivity index (χ2v) is 11.5. The van der Waals surface area contributed by atoms with E-state index in [9.17, 15) is 0 Å². The lowest BCUT2D eigenvalue weighted by Crippen LogP contribution is -2.00. The second kappa shape index (κ2) is 13.0. The molecule has 226 valence electrons. The molecular formula is C43H29N5. The molecule has 0 atom stereocenters. The highest BCUT2D eigenvalue weighted by Crippen LogP contribution is 2.35. The van der Waals surface area contributed by atoms with Gasteiger partial charge in [-0.25, -0.2) is 15.0 Å². The van der Waals surface area contributed by atoms with Crippen molar-refractivity contribution in [3.63, 3.8) is 0 Å². The first-order valence-electron chi connectivity index (χ1n) is 15.8. The van der Waals surface area contributed by atoms with E-state index in [1.54, 1.807) is 18.6 Å². The lowest BCUT2D eigenvalue weighted by molar-refractivity contribution is 1.07. The molecule has 5 aromatic carbocycles. The van der Waals surface area contributed by atoms with E-state index in [1.165, 1.54) is 5.56 Å². The normalized spacial score (nSPS) is 10.9. The second-order valence-electron chi connectivity index (χ2n) is 11.5. The first kappa shape index (κ1) is 28.9. The average molecular weight is 616 g/mol. The Morgan fingerprint density at radius 1 is 0.250 bits per heavy atom. The summed E-state index contributed by atoms with van der Waals surface area (Å²) in [4.78, 5) is 23.7. The molecule has 8 aromatic rings. The van der Waals surface area contributed by atoms with E-state index in [0.717, 1.165) is 55.6 Å². The van der Waals surface area contributed by atoms with Crippen LogP contribution in [0.5, 0.6) is 0 Å². The summed E-state index contributed by atoms with van der Waals surface area (Å²) in [5.74, 6) is 1.83. The highest BCUT2D eigenvalue weighted by atomic mass is 15.0. The predicted octanol–water partition coefficient (Wildman–Crippen LogP) is 10.3. The van der Waals surface area contributed by atoms with Crippen LogP contribution in [0.25, 0.3) is 78.7 Å². The van der Waals surface area contributed by atoms with Gasteiger partial charge in [0, 0.05) is 47.0 Å². The molecule has 0 N–H and O–H groups in total. The molecule has 0 amide bonds. The number of rotatable bonds is 7. The van der Waals surface area contributed by atoms with Gasteiger partial charge in [0.15, 0.2) is 17.5 Å². The minimum atomic E-state index is 0.600. The topological polar surface area (TPSA) is 64.5 Å². The first-order valence-corrected chi connectivity index (χ1v) is 15.8.